The van der Waals surface area contributed by atoms with E-state index < -0.39 is 0 Å². The summed E-state index contributed by atoms with van der Waals surface area (Å²) in [6, 6.07) is 1.63. The first-order valence-corrected chi connectivity index (χ1v) is 3.32. The van der Waals surface area contributed by atoms with Gasteiger partial charge in [-0.15, -0.1) is 6.42 Å². The van der Waals surface area contributed by atoms with Gasteiger partial charge in [-0.3, -0.25) is 0 Å². The molecule has 0 unspecified atom stereocenters. The van der Waals surface area contributed by atoms with E-state index in [0.29, 0.717) is 16.5 Å². The lowest BCUT2D eigenvalue weighted by Gasteiger charge is -1.99. The Kier molecular flexibility index (Phi) is 2.35. The number of hydrogen-bond donors (Lipinski definition) is 0. The Morgan fingerprint density at radius 3 is 2.91 bits per heavy atom. The van der Waals surface area contributed by atoms with E-state index in [2.05, 4.69) is 10.9 Å². The average molecular weight is 168 g/mol. The maximum absolute atomic E-state index is 5.72. The molecule has 0 aliphatic rings. The number of pyridine rings is 1. The van der Waals surface area contributed by atoms with Crippen molar-refractivity contribution < 1.29 is 4.74 Å². The highest BCUT2D eigenvalue weighted by molar-refractivity contribution is 6.31. The normalized spacial score (nSPS) is 8.82. The molecule has 0 saturated heterocycles. The van der Waals surface area contributed by atoms with Gasteiger partial charge in [0.05, 0.1) is 18.3 Å². The van der Waals surface area contributed by atoms with Crippen molar-refractivity contribution in [3.8, 4) is 18.1 Å². The van der Waals surface area contributed by atoms with Crippen LogP contribution in [0.2, 0.25) is 5.02 Å². The Hall–Kier alpha value is -1.20. The van der Waals surface area contributed by atoms with E-state index in [1.54, 1.807) is 13.2 Å². The van der Waals surface area contributed by atoms with Crippen molar-refractivity contribution in [2.24, 2.45) is 0 Å². The summed E-state index contributed by atoms with van der Waals surface area (Å²) in [7, 11) is 1.54. The maximum Gasteiger partial charge on any atom is 0.138 e. The second-order valence-electron chi connectivity index (χ2n) is 1.85. The van der Waals surface area contributed by atoms with Crippen LogP contribution in [-0.4, -0.2) is 12.1 Å². The lowest BCUT2D eigenvalue weighted by molar-refractivity contribution is 0.413. The van der Waals surface area contributed by atoms with E-state index in [0.717, 1.165) is 0 Å². The van der Waals surface area contributed by atoms with Crippen molar-refractivity contribution in [2.45, 2.75) is 0 Å². The summed E-state index contributed by atoms with van der Waals surface area (Å²) in [5, 5.41) is 0.437. The summed E-state index contributed by atoms with van der Waals surface area (Å²) >= 11 is 5.72. The van der Waals surface area contributed by atoms with E-state index in [1.165, 1.54) is 6.20 Å². The van der Waals surface area contributed by atoms with Crippen molar-refractivity contribution in [2.75, 3.05) is 7.11 Å². The topological polar surface area (TPSA) is 22.1 Å². The molecular formula is C8H6ClNO. The fourth-order valence-electron chi connectivity index (χ4n) is 0.638. The highest BCUT2D eigenvalue weighted by Crippen LogP contribution is 2.18. The standard InChI is InChI=1S/C8H6ClNO/c1-3-8-7(9)4-6(11-2)5-10-8/h1,4-5H,2H3. The smallest absolute Gasteiger partial charge is 0.138 e. The molecule has 0 aliphatic heterocycles. The van der Waals surface area contributed by atoms with Crippen LogP contribution in [0.25, 0.3) is 0 Å². The molecule has 0 aromatic carbocycles. The molecule has 2 nitrogen and oxygen atoms in total. The van der Waals surface area contributed by atoms with Gasteiger partial charge in [0, 0.05) is 6.07 Å². The fourth-order valence-corrected chi connectivity index (χ4v) is 0.849. The minimum atomic E-state index is 0.437. The SMILES string of the molecule is C#Cc1ncc(OC)cc1Cl. The van der Waals surface area contributed by atoms with Crippen molar-refractivity contribution in [3.63, 3.8) is 0 Å². The Morgan fingerprint density at radius 1 is 1.73 bits per heavy atom. The molecule has 0 amide bonds. The van der Waals surface area contributed by atoms with E-state index in [4.69, 9.17) is 22.8 Å². The number of methoxy groups -OCH3 is 1. The van der Waals surface area contributed by atoms with Crippen LogP contribution in [0.1, 0.15) is 5.69 Å². The van der Waals surface area contributed by atoms with Gasteiger partial charge in [0.25, 0.3) is 0 Å². The van der Waals surface area contributed by atoms with Crippen molar-refractivity contribution in [3.05, 3.63) is 23.0 Å². The van der Waals surface area contributed by atoms with Crippen molar-refractivity contribution >= 4 is 11.6 Å². The van der Waals surface area contributed by atoms with Crippen LogP contribution in [0.4, 0.5) is 0 Å². The predicted molar refractivity (Wildman–Crippen MR) is 43.7 cm³/mol. The summed E-state index contributed by atoms with van der Waals surface area (Å²) in [6.07, 6.45) is 6.63. The van der Waals surface area contributed by atoms with E-state index >= 15 is 0 Å². The molecule has 1 aromatic heterocycles. The molecule has 0 N–H and O–H groups in total. The molecule has 1 rings (SSSR count). The minimum Gasteiger partial charge on any atom is -0.495 e. The highest BCUT2D eigenvalue weighted by atomic mass is 35.5. The molecule has 3 heteroatoms. The number of aromatic nitrogens is 1. The third kappa shape index (κ3) is 1.63. The Balaban J connectivity index is 3.12. The van der Waals surface area contributed by atoms with E-state index in [-0.39, 0.29) is 0 Å². The fraction of sp³-hybridized carbons (Fsp3) is 0.125. The Bertz CT molecular complexity index is 303. The third-order valence-corrected chi connectivity index (χ3v) is 1.48. The predicted octanol–water partition coefficient (Wildman–Crippen LogP) is 1.72. The molecule has 1 heterocycles. The molecule has 0 atom stereocenters. The van der Waals surface area contributed by atoms with Crippen LogP contribution in [0.3, 0.4) is 0 Å². The lowest BCUT2D eigenvalue weighted by atomic mass is 10.3. The van der Waals surface area contributed by atoms with Crippen molar-refractivity contribution in [1.29, 1.82) is 0 Å². The van der Waals surface area contributed by atoms with Crippen LogP contribution in [0.15, 0.2) is 12.3 Å². The molecule has 1 aromatic rings. The zero-order valence-electron chi connectivity index (χ0n) is 5.97. The average Bonchev–Trinajstić information content (AvgIpc) is 2.04. The van der Waals surface area contributed by atoms with Gasteiger partial charge in [-0.2, -0.15) is 0 Å². The molecule has 11 heavy (non-hydrogen) atoms. The van der Waals surface area contributed by atoms with Crippen LogP contribution in [0, 0.1) is 12.3 Å². The van der Waals surface area contributed by atoms with E-state index in [1.807, 2.05) is 0 Å². The van der Waals surface area contributed by atoms with E-state index in [9.17, 15) is 0 Å². The molecule has 0 bridgehead atoms. The van der Waals surface area contributed by atoms with Crippen molar-refractivity contribution in [1.82, 2.24) is 4.98 Å². The zero-order chi connectivity index (χ0) is 8.27. The van der Waals surface area contributed by atoms with Gasteiger partial charge < -0.3 is 4.74 Å². The molecule has 0 radical (unpaired) electrons. The van der Waals surface area contributed by atoms with Gasteiger partial charge in [-0.05, 0) is 5.92 Å². The summed E-state index contributed by atoms with van der Waals surface area (Å²) in [6.45, 7) is 0. The first kappa shape index (κ1) is 7.90. The summed E-state index contributed by atoms with van der Waals surface area (Å²) in [4.78, 5) is 3.87. The van der Waals surface area contributed by atoms with Gasteiger partial charge in [0.15, 0.2) is 0 Å². The van der Waals surface area contributed by atoms with Crippen LogP contribution < -0.4 is 4.74 Å². The molecular weight excluding hydrogens is 162 g/mol. The van der Waals surface area contributed by atoms with Crippen LogP contribution in [-0.2, 0) is 0 Å². The largest absolute Gasteiger partial charge is 0.495 e. The number of rotatable bonds is 1. The summed E-state index contributed by atoms with van der Waals surface area (Å²) in [5.74, 6) is 2.95. The summed E-state index contributed by atoms with van der Waals surface area (Å²) < 4.78 is 4.88. The molecule has 0 aliphatic carbocycles. The second-order valence-corrected chi connectivity index (χ2v) is 2.26. The first-order valence-electron chi connectivity index (χ1n) is 2.94. The molecule has 0 saturated carbocycles. The molecule has 0 fully saturated rings. The monoisotopic (exact) mass is 167 g/mol. The number of ether oxygens (including phenoxy) is 1. The summed E-state index contributed by atoms with van der Waals surface area (Å²) in [5.41, 5.74) is 0.437. The number of halogens is 1. The van der Waals surface area contributed by atoms with Crippen LogP contribution >= 0.6 is 11.6 Å². The molecule has 0 spiro atoms. The zero-order valence-corrected chi connectivity index (χ0v) is 6.72. The second kappa shape index (κ2) is 3.27. The molecule has 56 valence electrons. The minimum absolute atomic E-state index is 0.437. The van der Waals surface area contributed by atoms with Gasteiger partial charge in [-0.25, -0.2) is 4.98 Å². The quantitative estimate of drug-likeness (QED) is 0.595. The van der Waals surface area contributed by atoms with Crippen LogP contribution in [0.5, 0.6) is 5.75 Å². The first-order chi connectivity index (χ1) is 5.27. The lowest BCUT2D eigenvalue weighted by Crippen LogP contribution is -1.87. The highest BCUT2D eigenvalue weighted by Gasteiger charge is 1.99. The maximum atomic E-state index is 5.72. The Morgan fingerprint density at radius 2 is 2.45 bits per heavy atom. The number of hydrogen-bond acceptors (Lipinski definition) is 2. The van der Waals surface area contributed by atoms with Gasteiger partial charge in [-0.1, -0.05) is 11.6 Å². The van der Waals surface area contributed by atoms with Gasteiger partial charge in [0.1, 0.15) is 11.4 Å². The number of terminal acetylenes is 1. The number of nitrogens with zero attached hydrogens (tertiary/aromatic N) is 1. The van der Waals surface area contributed by atoms with Gasteiger partial charge >= 0.3 is 0 Å². The Labute approximate surface area is 70.2 Å². The van der Waals surface area contributed by atoms with Gasteiger partial charge in [0.2, 0.25) is 0 Å². The third-order valence-electron chi connectivity index (χ3n) is 1.19.